The molecular weight excluding hydrogens is 228 g/mol. The van der Waals surface area contributed by atoms with Crippen LogP contribution in [0, 0.1) is 6.92 Å². The summed E-state index contributed by atoms with van der Waals surface area (Å²) in [7, 11) is 0. The first-order valence-electron chi connectivity index (χ1n) is 6.32. The highest BCUT2D eigenvalue weighted by atomic mass is 16.5. The maximum Gasteiger partial charge on any atom is 0.243 e. The molecule has 98 valence electrons. The van der Waals surface area contributed by atoms with E-state index in [1.54, 1.807) is 0 Å². The lowest BCUT2D eigenvalue weighted by Crippen LogP contribution is -2.61. The summed E-state index contributed by atoms with van der Waals surface area (Å²) >= 11 is 0. The van der Waals surface area contributed by atoms with E-state index in [1.165, 1.54) is 5.56 Å². The Morgan fingerprint density at radius 1 is 1.44 bits per heavy atom. The molecule has 18 heavy (non-hydrogen) atoms. The monoisotopic (exact) mass is 248 g/mol. The highest BCUT2D eigenvalue weighted by Crippen LogP contribution is 2.37. The van der Waals surface area contributed by atoms with Gasteiger partial charge in [0, 0.05) is 25.1 Å². The van der Waals surface area contributed by atoms with Crippen molar-refractivity contribution in [3.63, 3.8) is 0 Å². The molecule has 1 aromatic rings. The van der Waals surface area contributed by atoms with Crippen LogP contribution in [0.15, 0.2) is 24.3 Å². The Morgan fingerprint density at radius 3 is 2.56 bits per heavy atom. The van der Waals surface area contributed by atoms with E-state index in [0.29, 0.717) is 19.4 Å². The highest BCUT2D eigenvalue weighted by Gasteiger charge is 2.49. The van der Waals surface area contributed by atoms with Crippen molar-refractivity contribution >= 4 is 11.6 Å². The van der Waals surface area contributed by atoms with Crippen LogP contribution in [0.5, 0.6) is 0 Å². The van der Waals surface area contributed by atoms with E-state index < -0.39 is 5.54 Å². The number of carbonyl (C=O) groups is 1. The summed E-state index contributed by atoms with van der Waals surface area (Å²) < 4.78 is 5.49. The van der Waals surface area contributed by atoms with Crippen LogP contribution in [-0.2, 0) is 9.53 Å². The first-order chi connectivity index (χ1) is 8.55. The van der Waals surface area contributed by atoms with Gasteiger partial charge in [-0.3, -0.25) is 4.79 Å². The van der Waals surface area contributed by atoms with Crippen molar-refractivity contribution < 1.29 is 9.53 Å². The number of ether oxygens (including phenoxy) is 1. The van der Waals surface area contributed by atoms with Crippen LogP contribution in [0.1, 0.15) is 25.3 Å². The molecule has 0 saturated heterocycles. The fourth-order valence-electron chi connectivity index (χ4n) is 2.35. The highest BCUT2D eigenvalue weighted by molar-refractivity contribution is 5.89. The molecule has 0 aliphatic heterocycles. The van der Waals surface area contributed by atoms with Gasteiger partial charge in [-0.15, -0.1) is 0 Å². The van der Waals surface area contributed by atoms with Crippen molar-refractivity contribution in [1.29, 1.82) is 0 Å². The quantitative estimate of drug-likeness (QED) is 0.835. The van der Waals surface area contributed by atoms with Crippen molar-refractivity contribution in [2.24, 2.45) is 5.73 Å². The molecule has 3 N–H and O–H groups in total. The van der Waals surface area contributed by atoms with Gasteiger partial charge in [-0.2, -0.15) is 0 Å². The Morgan fingerprint density at radius 2 is 2.06 bits per heavy atom. The van der Waals surface area contributed by atoms with Gasteiger partial charge >= 0.3 is 0 Å². The van der Waals surface area contributed by atoms with Crippen LogP contribution in [0.2, 0.25) is 0 Å². The maximum absolute atomic E-state index is 11.6. The second-order valence-electron chi connectivity index (χ2n) is 4.92. The molecule has 1 amide bonds. The number of anilines is 1. The van der Waals surface area contributed by atoms with Gasteiger partial charge in [0.15, 0.2) is 0 Å². The van der Waals surface area contributed by atoms with Crippen LogP contribution in [-0.4, -0.2) is 24.2 Å². The summed E-state index contributed by atoms with van der Waals surface area (Å²) in [4.78, 5) is 11.6. The number of rotatable bonds is 5. The second-order valence-corrected chi connectivity index (χ2v) is 4.92. The van der Waals surface area contributed by atoms with E-state index in [2.05, 4.69) is 5.32 Å². The van der Waals surface area contributed by atoms with E-state index in [1.807, 2.05) is 38.1 Å². The van der Waals surface area contributed by atoms with Crippen molar-refractivity contribution in [2.45, 2.75) is 38.3 Å². The van der Waals surface area contributed by atoms with E-state index in [4.69, 9.17) is 10.5 Å². The molecule has 4 nitrogen and oxygen atoms in total. The minimum atomic E-state index is -0.644. The number of hydrogen-bond acceptors (Lipinski definition) is 3. The van der Waals surface area contributed by atoms with Crippen molar-refractivity contribution in [1.82, 2.24) is 0 Å². The first kappa shape index (κ1) is 12.9. The largest absolute Gasteiger partial charge is 0.378 e. The molecule has 1 saturated carbocycles. The van der Waals surface area contributed by atoms with Gasteiger partial charge in [-0.1, -0.05) is 17.7 Å². The summed E-state index contributed by atoms with van der Waals surface area (Å²) in [5, 5.41) is 3.25. The summed E-state index contributed by atoms with van der Waals surface area (Å²) in [6, 6.07) is 7.95. The molecule has 0 atom stereocenters. The smallest absolute Gasteiger partial charge is 0.243 e. The number of aryl methyl sites for hydroxylation is 1. The van der Waals surface area contributed by atoms with E-state index in [9.17, 15) is 4.79 Å². The molecule has 0 heterocycles. The number of nitrogens with one attached hydrogen (secondary N) is 1. The number of primary amides is 1. The summed E-state index contributed by atoms with van der Waals surface area (Å²) in [6.07, 6.45) is 1.43. The molecule has 1 aliphatic rings. The lowest BCUT2D eigenvalue weighted by molar-refractivity contribution is -0.131. The lowest BCUT2D eigenvalue weighted by Gasteiger charge is -2.45. The minimum Gasteiger partial charge on any atom is -0.378 e. The van der Waals surface area contributed by atoms with Gasteiger partial charge in [-0.25, -0.2) is 0 Å². The molecule has 2 rings (SSSR count). The summed E-state index contributed by atoms with van der Waals surface area (Å²) in [6.45, 7) is 4.66. The number of nitrogens with two attached hydrogens (primary N) is 1. The standard InChI is InChI=1S/C14H20N2O2/c1-3-18-12-8-14(9-12,13(15)17)16-11-6-4-10(2)5-7-11/h4-7,12,16H,3,8-9H2,1-2H3,(H2,15,17). The van der Waals surface area contributed by atoms with Crippen LogP contribution in [0.3, 0.4) is 0 Å². The predicted molar refractivity (Wildman–Crippen MR) is 71.4 cm³/mol. The fraction of sp³-hybridized carbons (Fsp3) is 0.500. The third-order valence-corrected chi connectivity index (χ3v) is 3.46. The molecule has 1 fully saturated rings. The van der Waals surface area contributed by atoms with E-state index in [0.717, 1.165) is 5.69 Å². The Labute approximate surface area is 108 Å². The minimum absolute atomic E-state index is 0.139. The predicted octanol–water partition coefficient (Wildman–Crippen LogP) is 1.83. The average molecular weight is 248 g/mol. The van der Waals surface area contributed by atoms with Gasteiger partial charge in [0.1, 0.15) is 5.54 Å². The Kier molecular flexibility index (Phi) is 3.57. The molecule has 0 unspecified atom stereocenters. The maximum atomic E-state index is 11.6. The molecule has 4 heteroatoms. The van der Waals surface area contributed by atoms with Crippen molar-refractivity contribution in [3.8, 4) is 0 Å². The van der Waals surface area contributed by atoms with Crippen LogP contribution >= 0.6 is 0 Å². The Balaban J connectivity index is 2.05. The average Bonchev–Trinajstić information content (AvgIpc) is 2.28. The molecule has 1 aliphatic carbocycles. The molecule has 0 spiro atoms. The zero-order valence-corrected chi connectivity index (χ0v) is 10.9. The van der Waals surface area contributed by atoms with Crippen LogP contribution in [0.4, 0.5) is 5.69 Å². The molecule has 0 aromatic heterocycles. The Bertz CT molecular complexity index is 422. The van der Waals surface area contributed by atoms with E-state index >= 15 is 0 Å². The van der Waals surface area contributed by atoms with Crippen molar-refractivity contribution in [2.75, 3.05) is 11.9 Å². The molecule has 1 aromatic carbocycles. The summed E-state index contributed by atoms with van der Waals surface area (Å²) in [5.41, 5.74) is 6.98. The summed E-state index contributed by atoms with van der Waals surface area (Å²) in [5.74, 6) is -0.306. The first-order valence-corrected chi connectivity index (χ1v) is 6.32. The van der Waals surface area contributed by atoms with Gasteiger partial charge in [-0.05, 0) is 26.0 Å². The number of carbonyl (C=O) groups excluding carboxylic acids is 1. The van der Waals surface area contributed by atoms with Gasteiger partial charge in [0.25, 0.3) is 0 Å². The number of amides is 1. The molecule has 0 radical (unpaired) electrons. The molecule has 0 bridgehead atoms. The number of hydrogen-bond donors (Lipinski definition) is 2. The van der Waals surface area contributed by atoms with Crippen molar-refractivity contribution in [3.05, 3.63) is 29.8 Å². The zero-order valence-electron chi connectivity index (χ0n) is 10.9. The zero-order chi connectivity index (χ0) is 13.2. The van der Waals surface area contributed by atoms with Gasteiger partial charge < -0.3 is 15.8 Å². The second kappa shape index (κ2) is 4.98. The van der Waals surface area contributed by atoms with Crippen LogP contribution < -0.4 is 11.1 Å². The third kappa shape index (κ3) is 2.48. The van der Waals surface area contributed by atoms with Gasteiger partial charge in [0.2, 0.25) is 5.91 Å². The topological polar surface area (TPSA) is 64.3 Å². The molecular formula is C14H20N2O2. The van der Waals surface area contributed by atoms with Gasteiger partial charge in [0.05, 0.1) is 6.10 Å². The third-order valence-electron chi connectivity index (χ3n) is 3.46. The number of benzene rings is 1. The Hall–Kier alpha value is -1.55. The lowest BCUT2D eigenvalue weighted by atomic mass is 9.73. The van der Waals surface area contributed by atoms with Crippen LogP contribution in [0.25, 0.3) is 0 Å². The SMILES string of the molecule is CCOC1CC(Nc2ccc(C)cc2)(C(N)=O)C1. The van der Waals surface area contributed by atoms with E-state index in [-0.39, 0.29) is 12.0 Å². The fourth-order valence-corrected chi connectivity index (χ4v) is 2.35. The normalized spacial score (nSPS) is 26.4.